The van der Waals surface area contributed by atoms with Crippen LogP contribution in [0.2, 0.25) is 0 Å². The summed E-state index contributed by atoms with van der Waals surface area (Å²) in [5.41, 5.74) is 6.90. The van der Waals surface area contributed by atoms with Gasteiger partial charge in [0.2, 0.25) is 0 Å². The van der Waals surface area contributed by atoms with Crippen molar-refractivity contribution >= 4 is 11.5 Å². The molecule has 8 nitrogen and oxygen atoms in total. The van der Waals surface area contributed by atoms with Gasteiger partial charge in [-0.15, -0.1) is 5.10 Å². The van der Waals surface area contributed by atoms with E-state index in [1.54, 1.807) is 0 Å². The van der Waals surface area contributed by atoms with Gasteiger partial charge in [-0.2, -0.15) is 0 Å². The van der Waals surface area contributed by atoms with Crippen molar-refractivity contribution < 1.29 is 9.66 Å². The average Bonchev–Trinajstić information content (AvgIpc) is 2.92. The second kappa shape index (κ2) is 7.94. The normalized spacial score (nSPS) is 15.4. The van der Waals surface area contributed by atoms with Gasteiger partial charge in [0.25, 0.3) is 0 Å². The highest BCUT2D eigenvalue weighted by Gasteiger charge is 2.27. The van der Waals surface area contributed by atoms with Crippen LogP contribution in [0.3, 0.4) is 0 Å². The summed E-state index contributed by atoms with van der Waals surface area (Å²) in [6.45, 7) is 3.24. The maximum atomic E-state index is 11.2. The largest absolute Gasteiger partial charge is 0.378 e. The Morgan fingerprint density at radius 1 is 1.29 bits per heavy atom. The minimum atomic E-state index is -0.393. The van der Waals surface area contributed by atoms with Gasteiger partial charge in [0, 0.05) is 13.1 Å². The topological polar surface area (TPSA) is 110 Å². The number of nitrogens with two attached hydrogens (primary N) is 1. The lowest BCUT2D eigenvalue weighted by Gasteiger charge is -2.27. The number of unbranched alkanes of at least 4 members (excludes halogenated alkanes) is 3. The lowest BCUT2D eigenvalue weighted by Crippen LogP contribution is -2.36. The maximum Gasteiger partial charge on any atom is 0.366 e. The number of anilines is 1. The van der Waals surface area contributed by atoms with Gasteiger partial charge in [-0.05, 0) is 30.7 Å². The Bertz CT molecular complexity index is 457. The molecule has 1 saturated heterocycles. The van der Waals surface area contributed by atoms with Crippen molar-refractivity contribution in [3.63, 3.8) is 0 Å². The molecule has 0 saturated carbocycles. The van der Waals surface area contributed by atoms with Crippen LogP contribution in [-0.4, -0.2) is 48.0 Å². The van der Waals surface area contributed by atoms with E-state index in [9.17, 15) is 10.1 Å². The first kappa shape index (κ1) is 15.7. The fourth-order valence-corrected chi connectivity index (χ4v) is 2.57. The first-order valence-electron chi connectivity index (χ1n) is 7.48. The van der Waals surface area contributed by atoms with Crippen molar-refractivity contribution in [2.24, 2.45) is 5.73 Å². The number of hydrogen-bond acceptors (Lipinski definition) is 6. The van der Waals surface area contributed by atoms with Crippen molar-refractivity contribution in [3.8, 4) is 0 Å². The minimum Gasteiger partial charge on any atom is -0.378 e. The molecular formula is C13H23N5O3. The van der Waals surface area contributed by atoms with E-state index in [2.05, 4.69) is 10.2 Å². The van der Waals surface area contributed by atoms with Crippen molar-refractivity contribution in [1.82, 2.24) is 10.2 Å². The number of ether oxygens (including phenoxy) is 1. The zero-order chi connectivity index (χ0) is 15.1. The molecule has 1 fully saturated rings. The number of hydrogen-bond donors (Lipinski definition) is 2. The summed E-state index contributed by atoms with van der Waals surface area (Å²) in [7, 11) is 0. The zero-order valence-electron chi connectivity index (χ0n) is 12.2. The molecule has 0 spiro atoms. The molecule has 8 heteroatoms. The number of H-pyrrole nitrogens is 1. The molecule has 0 radical (unpaired) electrons. The zero-order valence-corrected chi connectivity index (χ0v) is 12.2. The number of aryl methyl sites for hydroxylation is 1. The molecule has 1 aliphatic rings. The average molecular weight is 297 g/mol. The highest BCUT2D eigenvalue weighted by Crippen LogP contribution is 2.31. The summed E-state index contributed by atoms with van der Waals surface area (Å²) in [5.74, 6) is -0.00569. The second-order valence-corrected chi connectivity index (χ2v) is 5.18. The van der Waals surface area contributed by atoms with Gasteiger partial charge in [0.05, 0.1) is 13.2 Å². The van der Waals surface area contributed by atoms with E-state index in [1.165, 1.54) is 0 Å². The third-order valence-corrected chi connectivity index (χ3v) is 3.67. The molecule has 0 amide bonds. The van der Waals surface area contributed by atoms with E-state index in [0.29, 0.717) is 38.5 Å². The lowest BCUT2D eigenvalue weighted by atomic mass is 10.1. The van der Waals surface area contributed by atoms with E-state index in [4.69, 9.17) is 10.5 Å². The van der Waals surface area contributed by atoms with Crippen LogP contribution in [0, 0.1) is 10.1 Å². The first-order chi connectivity index (χ1) is 10.2. The van der Waals surface area contributed by atoms with Crippen molar-refractivity contribution in [1.29, 1.82) is 0 Å². The Balaban J connectivity index is 2.03. The molecule has 1 aliphatic heterocycles. The number of morpholine rings is 1. The van der Waals surface area contributed by atoms with Crippen LogP contribution in [0.15, 0.2) is 0 Å². The Labute approximate surface area is 123 Å². The molecule has 2 rings (SSSR count). The summed E-state index contributed by atoms with van der Waals surface area (Å²) in [6, 6.07) is 0. The van der Waals surface area contributed by atoms with Gasteiger partial charge < -0.3 is 25.5 Å². The predicted molar refractivity (Wildman–Crippen MR) is 79.5 cm³/mol. The lowest BCUT2D eigenvalue weighted by molar-refractivity contribution is -0.388. The summed E-state index contributed by atoms with van der Waals surface area (Å²) in [4.78, 5) is 12.8. The highest BCUT2D eigenvalue weighted by atomic mass is 16.6. The number of nitrogens with one attached hydrogen (secondary N) is 1. The summed E-state index contributed by atoms with van der Waals surface area (Å²) < 4.78 is 5.31. The third-order valence-electron chi connectivity index (χ3n) is 3.67. The van der Waals surface area contributed by atoms with Gasteiger partial charge >= 0.3 is 5.82 Å². The molecule has 0 atom stereocenters. The second-order valence-electron chi connectivity index (χ2n) is 5.18. The smallest absolute Gasteiger partial charge is 0.366 e. The van der Waals surface area contributed by atoms with E-state index >= 15 is 0 Å². The van der Waals surface area contributed by atoms with Crippen LogP contribution in [0.1, 0.15) is 31.4 Å². The molecule has 0 aliphatic carbocycles. The summed E-state index contributed by atoms with van der Waals surface area (Å²) >= 11 is 0. The van der Waals surface area contributed by atoms with Gasteiger partial charge in [-0.25, -0.2) is 0 Å². The van der Waals surface area contributed by atoms with Crippen molar-refractivity contribution in [2.75, 3.05) is 37.7 Å². The molecule has 118 valence electrons. The van der Waals surface area contributed by atoms with Crippen LogP contribution < -0.4 is 10.6 Å². The molecule has 0 bridgehead atoms. The molecule has 1 aromatic rings. The fourth-order valence-electron chi connectivity index (χ4n) is 2.57. The first-order valence-corrected chi connectivity index (χ1v) is 7.48. The molecular weight excluding hydrogens is 274 g/mol. The quantitative estimate of drug-likeness (QED) is 0.424. The standard InChI is InChI=1S/C13H23N5O3/c14-6-4-2-1-3-5-11-12(13(16-15-11)18(19)20)17-7-9-21-10-8-17/h1-10,14H2,(H,15,16). The van der Waals surface area contributed by atoms with E-state index in [-0.39, 0.29) is 5.82 Å². The van der Waals surface area contributed by atoms with E-state index < -0.39 is 4.92 Å². The Morgan fingerprint density at radius 2 is 2.00 bits per heavy atom. The van der Waals surface area contributed by atoms with Crippen LogP contribution in [0.5, 0.6) is 0 Å². The van der Waals surface area contributed by atoms with E-state index in [1.807, 2.05) is 4.90 Å². The molecule has 21 heavy (non-hydrogen) atoms. The van der Waals surface area contributed by atoms with Crippen LogP contribution in [0.4, 0.5) is 11.5 Å². The van der Waals surface area contributed by atoms with Crippen molar-refractivity contribution in [3.05, 3.63) is 15.8 Å². The predicted octanol–water partition coefficient (Wildman–Crippen LogP) is 1.22. The van der Waals surface area contributed by atoms with Crippen LogP contribution >= 0.6 is 0 Å². The van der Waals surface area contributed by atoms with Crippen molar-refractivity contribution in [2.45, 2.75) is 32.1 Å². The number of aromatic nitrogens is 2. The number of nitrogens with zero attached hydrogens (tertiary/aromatic N) is 3. The molecule has 1 aromatic heterocycles. The fraction of sp³-hybridized carbons (Fsp3) is 0.769. The summed E-state index contributed by atoms with van der Waals surface area (Å²) in [5, 5.41) is 17.9. The monoisotopic (exact) mass is 297 g/mol. The summed E-state index contributed by atoms with van der Waals surface area (Å²) in [6.07, 6.45) is 4.91. The minimum absolute atomic E-state index is 0.00569. The maximum absolute atomic E-state index is 11.2. The Kier molecular flexibility index (Phi) is 5.94. The Morgan fingerprint density at radius 3 is 2.67 bits per heavy atom. The van der Waals surface area contributed by atoms with Gasteiger partial charge in [0.1, 0.15) is 5.69 Å². The highest BCUT2D eigenvalue weighted by molar-refractivity contribution is 5.63. The van der Waals surface area contributed by atoms with Gasteiger partial charge in [0.15, 0.2) is 5.69 Å². The third kappa shape index (κ3) is 4.15. The van der Waals surface area contributed by atoms with Gasteiger partial charge in [-0.1, -0.05) is 17.9 Å². The molecule has 2 heterocycles. The molecule has 0 unspecified atom stereocenters. The number of rotatable bonds is 8. The number of aromatic amines is 1. The SMILES string of the molecule is NCCCCCCc1n[nH]c([N+](=O)[O-])c1N1CCOCC1. The molecule has 0 aromatic carbocycles. The van der Waals surface area contributed by atoms with Gasteiger partial charge in [-0.3, -0.25) is 0 Å². The number of nitro groups is 1. The van der Waals surface area contributed by atoms with Crippen LogP contribution in [0.25, 0.3) is 0 Å². The van der Waals surface area contributed by atoms with Crippen LogP contribution in [-0.2, 0) is 11.2 Å². The van der Waals surface area contributed by atoms with E-state index in [0.717, 1.165) is 37.8 Å². The molecule has 3 N–H and O–H groups in total. The Hall–Kier alpha value is -1.67.